The molecule has 6 nitrogen and oxygen atoms in total. The summed E-state index contributed by atoms with van der Waals surface area (Å²) in [5.41, 5.74) is 4.59. The fourth-order valence-electron chi connectivity index (χ4n) is 3.65. The smallest absolute Gasteiger partial charge is 0.323 e. The van der Waals surface area contributed by atoms with Gasteiger partial charge < -0.3 is 20.2 Å². The Bertz CT molecular complexity index is 1380. The minimum atomic E-state index is -0.281. The van der Waals surface area contributed by atoms with E-state index in [1.54, 1.807) is 6.20 Å². The van der Waals surface area contributed by atoms with Crippen LogP contribution in [-0.4, -0.2) is 20.6 Å². The van der Waals surface area contributed by atoms with Gasteiger partial charge in [-0.15, -0.1) is 12.4 Å². The minimum Gasteiger partial charge on any atom is -0.346 e. The Hall–Kier alpha value is -3.29. The van der Waals surface area contributed by atoms with Crippen LogP contribution in [0, 0.1) is 0 Å². The number of amides is 2. The van der Waals surface area contributed by atoms with Crippen LogP contribution >= 0.6 is 28.3 Å². The molecule has 8 heteroatoms. The number of anilines is 2. The van der Waals surface area contributed by atoms with Gasteiger partial charge in [0.25, 0.3) is 0 Å². The van der Waals surface area contributed by atoms with Crippen LogP contribution < -0.4 is 10.6 Å². The van der Waals surface area contributed by atoms with Crippen molar-refractivity contribution in [1.82, 2.24) is 14.5 Å². The summed E-state index contributed by atoms with van der Waals surface area (Å²) in [7, 11) is 0. The number of aromatic nitrogens is 3. The third kappa shape index (κ3) is 4.28. The van der Waals surface area contributed by atoms with Crippen LogP contribution in [0.2, 0.25) is 0 Å². The molecule has 0 aliphatic rings. The summed E-state index contributed by atoms with van der Waals surface area (Å²) in [6.45, 7) is 0.711. The quantitative estimate of drug-likeness (QED) is 0.269. The Labute approximate surface area is 193 Å². The van der Waals surface area contributed by atoms with Crippen molar-refractivity contribution in [3.05, 3.63) is 89.3 Å². The molecule has 5 aromatic rings. The van der Waals surface area contributed by atoms with Crippen molar-refractivity contribution in [2.45, 2.75) is 6.54 Å². The van der Waals surface area contributed by atoms with Crippen molar-refractivity contribution < 1.29 is 4.79 Å². The van der Waals surface area contributed by atoms with E-state index < -0.39 is 0 Å². The summed E-state index contributed by atoms with van der Waals surface area (Å²) < 4.78 is 3.08. The number of carbonyl (C=O) groups is 1. The largest absolute Gasteiger partial charge is 0.346 e. The lowest BCUT2D eigenvalue weighted by Crippen LogP contribution is -2.19. The van der Waals surface area contributed by atoms with E-state index in [9.17, 15) is 4.79 Å². The van der Waals surface area contributed by atoms with Crippen LogP contribution in [0.5, 0.6) is 0 Å². The molecule has 31 heavy (non-hydrogen) atoms. The van der Waals surface area contributed by atoms with Gasteiger partial charge in [0.2, 0.25) is 0 Å². The molecular formula is C23H19BrClN5O. The molecule has 5 rings (SSSR count). The van der Waals surface area contributed by atoms with Crippen molar-refractivity contribution in [2.24, 2.45) is 0 Å². The van der Waals surface area contributed by atoms with Crippen LogP contribution in [0.15, 0.2) is 83.7 Å². The summed E-state index contributed by atoms with van der Waals surface area (Å²) in [5.74, 6) is 0. The van der Waals surface area contributed by atoms with E-state index in [0.29, 0.717) is 6.54 Å². The molecule has 0 atom stereocenters. The van der Waals surface area contributed by atoms with Crippen molar-refractivity contribution in [3.8, 4) is 0 Å². The summed E-state index contributed by atoms with van der Waals surface area (Å²) in [4.78, 5) is 20.1. The van der Waals surface area contributed by atoms with Crippen LogP contribution in [-0.2, 0) is 6.54 Å². The number of rotatable bonds is 4. The van der Waals surface area contributed by atoms with E-state index in [1.165, 1.54) is 5.56 Å². The van der Waals surface area contributed by atoms with Gasteiger partial charge in [0, 0.05) is 46.1 Å². The zero-order valence-electron chi connectivity index (χ0n) is 16.3. The van der Waals surface area contributed by atoms with E-state index in [1.807, 2.05) is 60.9 Å². The number of nitrogens with one attached hydrogen (secondary N) is 3. The van der Waals surface area contributed by atoms with Crippen molar-refractivity contribution in [1.29, 1.82) is 0 Å². The third-order valence-corrected chi connectivity index (χ3v) is 5.52. The zero-order chi connectivity index (χ0) is 20.5. The highest BCUT2D eigenvalue weighted by molar-refractivity contribution is 9.10. The molecule has 3 aromatic heterocycles. The maximum atomic E-state index is 12.5. The standard InChI is InChI=1S/C23H18BrN5O.ClH/c24-16-4-1-5-17(12-16)27-23(30)28-20-7-2-8-21-19(20)9-11-29(21)14-15-13-26-22-18(15)6-3-10-25-22;/h1-13H,14H2,(H,25,26)(H2,27,28,30);1H. The Morgan fingerprint density at radius 2 is 1.90 bits per heavy atom. The minimum absolute atomic E-state index is 0. The van der Waals surface area contributed by atoms with Crippen LogP contribution in [0.3, 0.4) is 0 Å². The highest BCUT2D eigenvalue weighted by Gasteiger charge is 2.11. The number of carbonyl (C=O) groups excluding carboxylic acids is 1. The maximum Gasteiger partial charge on any atom is 0.323 e. The fourth-order valence-corrected chi connectivity index (χ4v) is 4.05. The SMILES string of the molecule is Cl.O=C(Nc1cccc(Br)c1)Nc1cccc2c1ccn2Cc1c[nH]c2ncccc12. The zero-order valence-corrected chi connectivity index (χ0v) is 18.7. The van der Waals surface area contributed by atoms with Crippen LogP contribution in [0.25, 0.3) is 21.9 Å². The number of pyridine rings is 1. The molecule has 156 valence electrons. The topological polar surface area (TPSA) is 74.7 Å². The number of hydrogen-bond donors (Lipinski definition) is 3. The molecule has 0 aliphatic heterocycles. The average molecular weight is 497 g/mol. The molecule has 0 radical (unpaired) electrons. The van der Waals surface area contributed by atoms with Gasteiger partial charge in [0.15, 0.2) is 0 Å². The molecule has 2 amide bonds. The average Bonchev–Trinajstić information content (AvgIpc) is 3.34. The normalized spacial score (nSPS) is 10.7. The van der Waals surface area contributed by atoms with Gasteiger partial charge in [0.1, 0.15) is 5.65 Å². The number of aromatic amines is 1. The monoisotopic (exact) mass is 495 g/mol. The molecule has 3 heterocycles. The van der Waals surface area contributed by atoms with Gasteiger partial charge in [-0.2, -0.15) is 0 Å². The maximum absolute atomic E-state index is 12.5. The molecule has 3 N–H and O–H groups in total. The van der Waals surface area contributed by atoms with Gasteiger partial charge >= 0.3 is 6.03 Å². The summed E-state index contributed by atoms with van der Waals surface area (Å²) in [6.07, 6.45) is 5.82. The predicted octanol–water partition coefficient (Wildman–Crippen LogP) is 6.39. The summed E-state index contributed by atoms with van der Waals surface area (Å²) in [6, 6.07) is 19.2. The summed E-state index contributed by atoms with van der Waals surface area (Å²) >= 11 is 3.41. The number of fused-ring (bicyclic) bond motifs is 2. The second-order valence-corrected chi connectivity index (χ2v) is 7.90. The number of nitrogens with zero attached hydrogens (tertiary/aromatic N) is 2. The van der Waals surface area contributed by atoms with E-state index in [4.69, 9.17) is 0 Å². The van der Waals surface area contributed by atoms with Crippen molar-refractivity contribution >= 4 is 67.7 Å². The van der Waals surface area contributed by atoms with Crippen LogP contribution in [0.4, 0.5) is 16.2 Å². The van der Waals surface area contributed by atoms with Crippen molar-refractivity contribution in [2.75, 3.05) is 10.6 Å². The molecule has 0 unspecified atom stereocenters. The van der Waals surface area contributed by atoms with E-state index in [0.717, 1.165) is 37.8 Å². The number of urea groups is 1. The number of benzene rings is 2. The highest BCUT2D eigenvalue weighted by Crippen LogP contribution is 2.27. The molecule has 0 saturated heterocycles. The molecule has 0 fully saturated rings. The molecule has 0 aliphatic carbocycles. The molecule has 0 spiro atoms. The Morgan fingerprint density at radius 1 is 1.03 bits per heavy atom. The van der Waals surface area contributed by atoms with Gasteiger partial charge in [-0.3, -0.25) is 0 Å². The number of H-pyrrole nitrogens is 1. The highest BCUT2D eigenvalue weighted by atomic mass is 79.9. The number of halogens is 2. The first-order chi connectivity index (χ1) is 14.7. The van der Waals surface area contributed by atoms with E-state index in [-0.39, 0.29) is 18.4 Å². The second kappa shape index (κ2) is 8.83. The number of hydrogen-bond acceptors (Lipinski definition) is 2. The summed E-state index contributed by atoms with van der Waals surface area (Å²) in [5, 5.41) is 7.92. The van der Waals surface area contributed by atoms with Gasteiger partial charge in [-0.1, -0.05) is 28.1 Å². The van der Waals surface area contributed by atoms with E-state index >= 15 is 0 Å². The second-order valence-electron chi connectivity index (χ2n) is 6.98. The molecule has 2 aromatic carbocycles. The molecule has 0 saturated carbocycles. The Balaban J connectivity index is 0.00000231. The lowest BCUT2D eigenvalue weighted by molar-refractivity contribution is 0.262. The fraction of sp³-hybridized carbons (Fsp3) is 0.0435. The predicted molar refractivity (Wildman–Crippen MR) is 131 cm³/mol. The van der Waals surface area contributed by atoms with Crippen molar-refractivity contribution in [3.63, 3.8) is 0 Å². The van der Waals surface area contributed by atoms with Gasteiger partial charge in [-0.25, -0.2) is 9.78 Å². The molecule has 0 bridgehead atoms. The first kappa shape index (κ1) is 21.0. The first-order valence-corrected chi connectivity index (χ1v) is 10.3. The Morgan fingerprint density at radius 3 is 2.77 bits per heavy atom. The van der Waals surface area contributed by atoms with Gasteiger partial charge in [-0.05, 0) is 54.1 Å². The first-order valence-electron chi connectivity index (χ1n) is 9.50. The lowest BCUT2D eigenvalue weighted by atomic mass is 10.2. The van der Waals surface area contributed by atoms with Gasteiger partial charge in [0.05, 0.1) is 11.2 Å². The van der Waals surface area contributed by atoms with Crippen LogP contribution in [0.1, 0.15) is 5.56 Å². The third-order valence-electron chi connectivity index (χ3n) is 5.02. The lowest BCUT2D eigenvalue weighted by Gasteiger charge is -2.10. The molecular weight excluding hydrogens is 478 g/mol. The van der Waals surface area contributed by atoms with E-state index in [2.05, 4.69) is 53.2 Å². The Kier molecular flexibility index (Phi) is 5.97.